The first-order valence-electron chi connectivity index (χ1n) is 3.97. The van der Waals surface area contributed by atoms with Gasteiger partial charge in [-0.2, -0.15) is 5.10 Å². The lowest BCUT2D eigenvalue weighted by molar-refractivity contribution is 0.249. The molecule has 0 saturated heterocycles. The highest BCUT2D eigenvalue weighted by molar-refractivity contribution is 5.96. The van der Waals surface area contributed by atoms with Crippen LogP contribution in [0.5, 0.6) is 0 Å². The maximum atomic E-state index is 10.3. The Morgan fingerprint density at radius 3 is 3.00 bits per heavy atom. The summed E-state index contributed by atoms with van der Waals surface area (Å²) in [6.07, 6.45) is 5.12. The van der Waals surface area contributed by atoms with Crippen molar-refractivity contribution in [3.63, 3.8) is 0 Å². The minimum Gasteiger partial charge on any atom is -0.350 e. The molecule has 0 spiro atoms. The van der Waals surface area contributed by atoms with Crippen LogP contribution in [-0.4, -0.2) is 11.7 Å². The van der Waals surface area contributed by atoms with Crippen molar-refractivity contribution in [2.75, 3.05) is 0 Å². The summed E-state index contributed by atoms with van der Waals surface area (Å²) < 4.78 is 0. The molecule has 0 aliphatic heterocycles. The van der Waals surface area contributed by atoms with E-state index in [1.54, 1.807) is 0 Å². The average molecular weight is 167 g/mol. The van der Waals surface area contributed by atoms with E-state index in [1.807, 2.05) is 6.08 Å². The largest absolute Gasteiger partial charge is 0.350 e. The number of carbonyl (C=O) groups is 1. The molecule has 3 N–H and O–H groups in total. The zero-order valence-electron chi connectivity index (χ0n) is 7.13. The Morgan fingerprint density at radius 1 is 1.67 bits per heavy atom. The second-order valence-electron chi connectivity index (χ2n) is 2.92. The number of rotatable bonds is 1. The predicted octanol–water partition coefficient (Wildman–Crippen LogP) is 1.14. The van der Waals surface area contributed by atoms with Gasteiger partial charge in [-0.3, -0.25) is 0 Å². The van der Waals surface area contributed by atoms with Gasteiger partial charge in [0, 0.05) is 0 Å². The van der Waals surface area contributed by atoms with Gasteiger partial charge in [-0.15, -0.1) is 0 Å². The summed E-state index contributed by atoms with van der Waals surface area (Å²) in [5, 5.41) is 3.85. The number of hydrogen-bond donors (Lipinski definition) is 2. The third-order valence-electron chi connectivity index (χ3n) is 1.73. The molecule has 0 unspecified atom stereocenters. The second kappa shape index (κ2) is 3.90. The highest BCUT2D eigenvalue weighted by Gasteiger charge is 2.04. The first-order chi connectivity index (χ1) is 5.68. The van der Waals surface area contributed by atoms with E-state index in [2.05, 4.69) is 17.5 Å². The predicted molar refractivity (Wildman–Crippen MR) is 47.8 cm³/mol. The highest BCUT2D eigenvalue weighted by Crippen LogP contribution is 2.14. The molecule has 1 rings (SSSR count). The Kier molecular flexibility index (Phi) is 2.85. The van der Waals surface area contributed by atoms with Crippen LogP contribution in [0.4, 0.5) is 4.79 Å². The molecule has 4 nitrogen and oxygen atoms in total. The molecule has 0 saturated carbocycles. The molecule has 0 aromatic carbocycles. The molecule has 0 bridgehead atoms. The van der Waals surface area contributed by atoms with E-state index in [0.717, 1.165) is 25.0 Å². The summed E-state index contributed by atoms with van der Waals surface area (Å²) in [5.41, 5.74) is 9.28. The maximum absolute atomic E-state index is 10.3. The molecule has 66 valence electrons. The maximum Gasteiger partial charge on any atom is 0.332 e. The van der Waals surface area contributed by atoms with Crippen LogP contribution in [-0.2, 0) is 0 Å². The molecule has 1 aliphatic carbocycles. The summed E-state index contributed by atoms with van der Waals surface area (Å²) in [4.78, 5) is 10.3. The first-order valence-corrected chi connectivity index (χ1v) is 3.97. The molecule has 0 fully saturated rings. The summed E-state index contributed by atoms with van der Waals surface area (Å²) in [6.45, 7) is 2.05. The van der Waals surface area contributed by atoms with Crippen molar-refractivity contribution in [3.05, 3.63) is 11.6 Å². The van der Waals surface area contributed by atoms with Crippen molar-refractivity contribution in [2.24, 2.45) is 10.8 Å². The summed E-state index contributed by atoms with van der Waals surface area (Å²) in [5.74, 6) is 0. The molecule has 0 radical (unpaired) electrons. The summed E-state index contributed by atoms with van der Waals surface area (Å²) in [6, 6.07) is -0.612. The number of nitrogens with two attached hydrogens (primary N) is 1. The van der Waals surface area contributed by atoms with E-state index in [9.17, 15) is 4.79 Å². The van der Waals surface area contributed by atoms with Crippen LogP contribution in [0.2, 0.25) is 0 Å². The fourth-order valence-electron chi connectivity index (χ4n) is 1.19. The van der Waals surface area contributed by atoms with Crippen molar-refractivity contribution in [1.82, 2.24) is 5.43 Å². The monoisotopic (exact) mass is 167 g/mol. The standard InChI is InChI=1S/C8H13N3O/c1-6-3-2-4-7(5-6)10-11-8(9)12/h5H,2-4H2,1H3,(H3,9,11,12)/b10-7-. The van der Waals surface area contributed by atoms with Crippen molar-refractivity contribution in [2.45, 2.75) is 26.2 Å². The number of hydrazone groups is 1. The topological polar surface area (TPSA) is 67.5 Å². The van der Waals surface area contributed by atoms with Crippen molar-refractivity contribution < 1.29 is 4.79 Å². The molecule has 0 atom stereocenters. The Balaban J connectivity index is 2.56. The number of allylic oxidation sites excluding steroid dienone is 2. The third kappa shape index (κ3) is 2.74. The van der Waals surface area contributed by atoms with Crippen LogP contribution >= 0.6 is 0 Å². The van der Waals surface area contributed by atoms with Gasteiger partial charge in [-0.05, 0) is 32.3 Å². The van der Waals surface area contributed by atoms with Crippen LogP contribution < -0.4 is 11.2 Å². The minimum absolute atomic E-state index is 0.612. The number of urea groups is 1. The Labute approximate surface area is 71.5 Å². The third-order valence-corrected chi connectivity index (χ3v) is 1.73. The molecule has 0 aromatic heterocycles. The van der Waals surface area contributed by atoms with Gasteiger partial charge in [-0.25, -0.2) is 10.2 Å². The van der Waals surface area contributed by atoms with Crippen LogP contribution in [0.15, 0.2) is 16.8 Å². The Morgan fingerprint density at radius 2 is 2.42 bits per heavy atom. The molecular formula is C8H13N3O. The summed E-state index contributed by atoms with van der Waals surface area (Å²) in [7, 11) is 0. The number of nitrogens with one attached hydrogen (secondary N) is 1. The zero-order chi connectivity index (χ0) is 8.97. The van der Waals surface area contributed by atoms with Crippen molar-refractivity contribution in [3.8, 4) is 0 Å². The van der Waals surface area contributed by atoms with E-state index < -0.39 is 6.03 Å². The quantitative estimate of drug-likeness (QED) is 0.565. The molecule has 0 aromatic rings. The Hall–Kier alpha value is -1.32. The van der Waals surface area contributed by atoms with E-state index in [-0.39, 0.29) is 0 Å². The molecule has 1 aliphatic rings. The van der Waals surface area contributed by atoms with Gasteiger partial charge in [0.05, 0.1) is 5.71 Å². The van der Waals surface area contributed by atoms with Gasteiger partial charge in [0.1, 0.15) is 0 Å². The fourth-order valence-corrected chi connectivity index (χ4v) is 1.19. The van der Waals surface area contributed by atoms with Gasteiger partial charge < -0.3 is 5.73 Å². The van der Waals surface area contributed by atoms with Crippen molar-refractivity contribution in [1.29, 1.82) is 0 Å². The number of primary amides is 1. The fraction of sp³-hybridized carbons (Fsp3) is 0.500. The van der Waals surface area contributed by atoms with E-state index >= 15 is 0 Å². The number of hydrogen-bond acceptors (Lipinski definition) is 2. The van der Waals surface area contributed by atoms with Crippen LogP contribution in [0, 0.1) is 0 Å². The molecule has 12 heavy (non-hydrogen) atoms. The second-order valence-corrected chi connectivity index (χ2v) is 2.92. The van der Waals surface area contributed by atoms with Gasteiger partial charge >= 0.3 is 6.03 Å². The molecule has 0 heterocycles. The zero-order valence-corrected chi connectivity index (χ0v) is 7.13. The van der Waals surface area contributed by atoms with Gasteiger partial charge in [-0.1, -0.05) is 5.57 Å². The van der Waals surface area contributed by atoms with Gasteiger partial charge in [0.15, 0.2) is 0 Å². The highest BCUT2D eigenvalue weighted by atomic mass is 16.2. The molecular weight excluding hydrogens is 154 g/mol. The lowest BCUT2D eigenvalue weighted by atomic mass is 10.00. The molecule has 4 heteroatoms. The molecule has 2 amide bonds. The van der Waals surface area contributed by atoms with Crippen molar-refractivity contribution >= 4 is 11.7 Å². The van der Waals surface area contributed by atoms with Gasteiger partial charge in [0.2, 0.25) is 0 Å². The van der Waals surface area contributed by atoms with E-state index in [4.69, 9.17) is 5.73 Å². The van der Waals surface area contributed by atoms with Crippen LogP contribution in [0.25, 0.3) is 0 Å². The number of amides is 2. The van der Waals surface area contributed by atoms with Crippen LogP contribution in [0.1, 0.15) is 26.2 Å². The lowest BCUT2D eigenvalue weighted by Crippen LogP contribution is -2.25. The Bertz CT molecular complexity index is 243. The number of carbonyl (C=O) groups excluding carboxylic acids is 1. The lowest BCUT2D eigenvalue weighted by Gasteiger charge is -2.09. The normalized spacial score (nSPS) is 20.4. The van der Waals surface area contributed by atoms with Crippen LogP contribution in [0.3, 0.4) is 0 Å². The SMILES string of the molecule is CC1=C/C(=N\NC(N)=O)CCC1. The van der Waals surface area contributed by atoms with E-state index in [0.29, 0.717) is 0 Å². The summed E-state index contributed by atoms with van der Waals surface area (Å²) >= 11 is 0. The van der Waals surface area contributed by atoms with E-state index in [1.165, 1.54) is 5.57 Å². The number of nitrogens with zero attached hydrogens (tertiary/aromatic N) is 1. The first kappa shape index (κ1) is 8.77. The minimum atomic E-state index is -0.612. The average Bonchev–Trinajstić information content (AvgIpc) is 2.01. The smallest absolute Gasteiger partial charge is 0.332 e. The van der Waals surface area contributed by atoms with Gasteiger partial charge in [0.25, 0.3) is 0 Å².